The lowest BCUT2D eigenvalue weighted by molar-refractivity contribution is 0.208. The summed E-state index contributed by atoms with van der Waals surface area (Å²) in [7, 11) is 0. The molecule has 0 aliphatic heterocycles. The van der Waals surface area contributed by atoms with Crippen LogP contribution in [0.2, 0.25) is 0 Å². The van der Waals surface area contributed by atoms with E-state index < -0.39 is 0 Å². The monoisotopic (exact) mass is 302 g/mol. The Morgan fingerprint density at radius 1 is 1.27 bits per heavy atom. The smallest absolute Gasteiger partial charge is 0.317 e. The molecule has 1 aromatic carbocycles. The van der Waals surface area contributed by atoms with Gasteiger partial charge in [0.05, 0.1) is 0 Å². The molecule has 0 heterocycles. The topological polar surface area (TPSA) is 50.4 Å². The fourth-order valence-corrected chi connectivity index (χ4v) is 4.09. The molecule has 2 aliphatic carbocycles. The number of benzene rings is 1. The molecule has 2 bridgehead atoms. The molecule has 4 unspecified atom stereocenters. The third-order valence-electron chi connectivity index (χ3n) is 5.29. The lowest BCUT2D eigenvalue weighted by Gasteiger charge is -2.28. The van der Waals surface area contributed by atoms with Gasteiger partial charge in [0.15, 0.2) is 6.73 Å². The van der Waals surface area contributed by atoms with Gasteiger partial charge in [0.2, 0.25) is 0 Å². The number of urea groups is 1. The van der Waals surface area contributed by atoms with Crippen LogP contribution in [0.4, 0.5) is 4.79 Å². The Morgan fingerprint density at radius 2 is 2.05 bits per heavy atom. The van der Waals surface area contributed by atoms with Gasteiger partial charge in [0, 0.05) is 6.04 Å². The van der Waals surface area contributed by atoms with E-state index in [2.05, 4.69) is 17.6 Å². The Hall–Kier alpha value is -1.71. The highest BCUT2D eigenvalue weighted by molar-refractivity contribution is 5.74. The first-order valence-electron chi connectivity index (χ1n) is 8.35. The molecule has 0 radical (unpaired) electrons. The maximum absolute atomic E-state index is 12.0. The molecular formula is C18H26N2O2. The Bertz CT molecular complexity index is 514. The summed E-state index contributed by atoms with van der Waals surface area (Å²) in [5.74, 6) is 3.16. The average molecular weight is 302 g/mol. The normalized spacial score (nSPS) is 27.5. The summed E-state index contributed by atoms with van der Waals surface area (Å²) in [5, 5.41) is 5.84. The molecule has 4 nitrogen and oxygen atoms in total. The second-order valence-corrected chi connectivity index (χ2v) is 6.88. The molecule has 2 saturated carbocycles. The van der Waals surface area contributed by atoms with Gasteiger partial charge in [0.1, 0.15) is 5.75 Å². The van der Waals surface area contributed by atoms with Crippen LogP contribution in [-0.4, -0.2) is 18.8 Å². The summed E-state index contributed by atoms with van der Waals surface area (Å²) >= 11 is 0. The lowest BCUT2D eigenvalue weighted by Crippen LogP contribution is -2.46. The van der Waals surface area contributed by atoms with Crippen molar-refractivity contribution in [1.29, 1.82) is 0 Å². The number of aryl methyl sites for hydroxylation is 1. The molecule has 2 amide bonds. The van der Waals surface area contributed by atoms with E-state index in [9.17, 15) is 4.79 Å². The van der Waals surface area contributed by atoms with Crippen molar-refractivity contribution in [3.63, 3.8) is 0 Å². The van der Waals surface area contributed by atoms with Crippen LogP contribution in [0.3, 0.4) is 0 Å². The predicted molar refractivity (Wildman–Crippen MR) is 86.7 cm³/mol. The molecule has 2 fully saturated rings. The van der Waals surface area contributed by atoms with E-state index in [1.807, 2.05) is 31.2 Å². The molecule has 22 heavy (non-hydrogen) atoms. The Labute approximate surface area is 132 Å². The van der Waals surface area contributed by atoms with Crippen LogP contribution in [0, 0.1) is 24.7 Å². The highest BCUT2D eigenvalue weighted by Gasteiger charge is 2.42. The molecular weight excluding hydrogens is 276 g/mol. The van der Waals surface area contributed by atoms with E-state index in [4.69, 9.17) is 4.74 Å². The first-order chi connectivity index (χ1) is 10.6. The number of hydrogen-bond donors (Lipinski definition) is 2. The SMILES string of the molecule is Cc1ccc(OCNC(=O)NC(C)C2CC3CCC2C3)cc1. The molecule has 0 saturated heterocycles. The van der Waals surface area contributed by atoms with Crippen molar-refractivity contribution >= 4 is 6.03 Å². The van der Waals surface area contributed by atoms with Crippen molar-refractivity contribution in [3.8, 4) is 5.75 Å². The molecule has 4 heteroatoms. The molecule has 0 spiro atoms. The number of hydrogen-bond acceptors (Lipinski definition) is 2. The van der Waals surface area contributed by atoms with E-state index in [0.29, 0.717) is 5.92 Å². The second-order valence-electron chi connectivity index (χ2n) is 6.88. The molecule has 2 aliphatic rings. The Kier molecular flexibility index (Phi) is 4.55. The van der Waals surface area contributed by atoms with Crippen molar-refractivity contribution in [1.82, 2.24) is 10.6 Å². The van der Waals surface area contributed by atoms with Gasteiger partial charge in [-0.2, -0.15) is 0 Å². The largest absolute Gasteiger partial charge is 0.473 e. The van der Waals surface area contributed by atoms with Crippen LogP contribution in [0.25, 0.3) is 0 Å². The molecule has 1 aromatic rings. The minimum Gasteiger partial charge on any atom is -0.473 e. The maximum Gasteiger partial charge on any atom is 0.317 e. The highest BCUT2D eigenvalue weighted by Crippen LogP contribution is 2.49. The molecule has 3 rings (SSSR count). The number of nitrogens with one attached hydrogen (secondary N) is 2. The second kappa shape index (κ2) is 6.59. The summed E-state index contributed by atoms with van der Waals surface area (Å²) in [6.45, 7) is 4.36. The predicted octanol–water partition coefficient (Wildman–Crippen LogP) is 3.46. The zero-order valence-electron chi connectivity index (χ0n) is 13.5. The maximum atomic E-state index is 12.0. The third kappa shape index (κ3) is 3.54. The van der Waals surface area contributed by atoms with Crippen molar-refractivity contribution in [2.75, 3.05) is 6.73 Å². The minimum atomic E-state index is -0.137. The number of carbonyl (C=O) groups excluding carboxylic acids is 1. The number of fused-ring (bicyclic) bond motifs is 2. The quantitative estimate of drug-likeness (QED) is 0.818. The molecule has 120 valence electrons. The van der Waals surface area contributed by atoms with Crippen LogP contribution in [0.5, 0.6) is 5.75 Å². The van der Waals surface area contributed by atoms with Gasteiger partial charge >= 0.3 is 6.03 Å². The van der Waals surface area contributed by atoms with Gasteiger partial charge in [-0.05, 0) is 63.0 Å². The van der Waals surface area contributed by atoms with E-state index in [0.717, 1.165) is 17.6 Å². The summed E-state index contributed by atoms with van der Waals surface area (Å²) in [5.41, 5.74) is 1.19. The lowest BCUT2D eigenvalue weighted by atomic mass is 9.84. The average Bonchev–Trinajstić information content (AvgIpc) is 3.12. The molecule has 0 aromatic heterocycles. The van der Waals surface area contributed by atoms with Gasteiger partial charge in [-0.25, -0.2) is 4.79 Å². The summed E-state index contributed by atoms with van der Waals surface area (Å²) < 4.78 is 5.52. The van der Waals surface area contributed by atoms with Crippen LogP contribution < -0.4 is 15.4 Å². The third-order valence-corrected chi connectivity index (χ3v) is 5.29. The molecule has 4 atom stereocenters. The summed E-state index contributed by atoms with van der Waals surface area (Å²) in [4.78, 5) is 12.0. The van der Waals surface area contributed by atoms with Crippen molar-refractivity contribution < 1.29 is 9.53 Å². The van der Waals surface area contributed by atoms with E-state index >= 15 is 0 Å². The van der Waals surface area contributed by atoms with Crippen molar-refractivity contribution in [2.24, 2.45) is 17.8 Å². The van der Waals surface area contributed by atoms with Gasteiger partial charge in [0.25, 0.3) is 0 Å². The van der Waals surface area contributed by atoms with Crippen LogP contribution >= 0.6 is 0 Å². The Morgan fingerprint density at radius 3 is 2.68 bits per heavy atom. The van der Waals surface area contributed by atoms with E-state index in [-0.39, 0.29) is 18.8 Å². The number of ether oxygens (including phenoxy) is 1. The first kappa shape index (κ1) is 15.2. The number of carbonyl (C=O) groups is 1. The summed E-state index contributed by atoms with van der Waals surface area (Å²) in [6.07, 6.45) is 5.39. The van der Waals surface area contributed by atoms with Gasteiger partial charge in [-0.15, -0.1) is 0 Å². The highest BCUT2D eigenvalue weighted by atomic mass is 16.5. The van der Waals surface area contributed by atoms with Crippen molar-refractivity contribution in [2.45, 2.75) is 45.6 Å². The zero-order chi connectivity index (χ0) is 15.5. The fraction of sp³-hybridized carbons (Fsp3) is 0.611. The molecule has 2 N–H and O–H groups in total. The summed E-state index contributed by atoms with van der Waals surface area (Å²) in [6, 6.07) is 7.91. The van der Waals surface area contributed by atoms with Gasteiger partial charge in [-0.3, -0.25) is 0 Å². The van der Waals surface area contributed by atoms with Gasteiger partial charge < -0.3 is 15.4 Å². The first-order valence-corrected chi connectivity index (χ1v) is 8.35. The van der Waals surface area contributed by atoms with Gasteiger partial charge in [-0.1, -0.05) is 24.1 Å². The van der Waals surface area contributed by atoms with Crippen LogP contribution in [0.1, 0.15) is 38.2 Å². The fourth-order valence-electron chi connectivity index (χ4n) is 4.09. The van der Waals surface area contributed by atoms with E-state index in [1.54, 1.807) is 0 Å². The van der Waals surface area contributed by atoms with Crippen molar-refractivity contribution in [3.05, 3.63) is 29.8 Å². The minimum absolute atomic E-state index is 0.137. The Balaban J connectivity index is 1.38. The number of rotatable bonds is 5. The van der Waals surface area contributed by atoms with E-state index in [1.165, 1.54) is 31.2 Å². The zero-order valence-corrected chi connectivity index (χ0v) is 13.5. The standard InChI is InChI=1S/C18H26N2O2/c1-12-3-7-16(8-4-12)22-11-19-18(21)20-13(2)17-10-14-5-6-15(17)9-14/h3-4,7-8,13-15,17H,5-6,9-11H2,1-2H3,(H2,19,20,21). The number of amides is 2. The van der Waals surface area contributed by atoms with Crippen LogP contribution in [-0.2, 0) is 0 Å². The van der Waals surface area contributed by atoms with Crippen LogP contribution in [0.15, 0.2) is 24.3 Å².